The minimum absolute atomic E-state index is 0.0826. The van der Waals surface area contributed by atoms with Crippen LogP contribution in [0.5, 0.6) is 0 Å². The van der Waals surface area contributed by atoms with Crippen molar-refractivity contribution < 1.29 is 14.1 Å². The van der Waals surface area contributed by atoms with Crippen LogP contribution in [0.3, 0.4) is 0 Å². The van der Waals surface area contributed by atoms with Crippen molar-refractivity contribution in [1.29, 1.82) is 0 Å². The molecule has 0 unspecified atom stereocenters. The lowest BCUT2D eigenvalue weighted by molar-refractivity contribution is -0.385. The van der Waals surface area contributed by atoms with Crippen molar-refractivity contribution in [3.63, 3.8) is 0 Å². The van der Waals surface area contributed by atoms with Gasteiger partial charge in [-0.25, -0.2) is 4.98 Å². The van der Waals surface area contributed by atoms with Gasteiger partial charge in [0.1, 0.15) is 5.52 Å². The topological polar surface area (TPSA) is 98.3 Å². The van der Waals surface area contributed by atoms with Crippen LogP contribution >= 0.6 is 11.6 Å². The Morgan fingerprint density at radius 2 is 1.93 bits per heavy atom. The Labute approximate surface area is 170 Å². The van der Waals surface area contributed by atoms with E-state index in [1.54, 1.807) is 54.6 Å². The van der Waals surface area contributed by atoms with E-state index in [1.165, 1.54) is 6.07 Å². The van der Waals surface area contributed by atoms with Crippen molar-refractivity contribution in [3.8, 4) is 11.5 Å². The molecular weight excluding hydrogens is 394 g/mol. The zero-order chi connectivity index (χ0) is 20.4. The molecule has 0 radical (unpaired) electrons. The number of benzene rings is 3. The van der Waals surface area contributed by atoms with Gasteiger partial charge in [0.2, 0.25) is 11.8 Å². The first-order valence-corrected chi connectivity index (χ1v) is 9.06. The number of para-hydroxylation sites is 1. The Kier molecular flexibility index (Phi) is 4.97. The summed E-state index contributed by atoms with van der Waals surface area (Å²) in [6.07, 6.45) is -0.109. The monoisotopic (exact) mass is 407 g/mol. The third kappa shape index (κ3) is 4.09. The lowest BCUT2D eigenvalue weighted by Crippen LogP contribution is -2.15. The van der Waals surface area contributed by atoms with Crippen molar-refractivity contribution in [2.75, 3.05) is 5.32 Å². The minimum Gasteiger partial charge on any atom is -0.436 e. The number of hydrogen-bond donors (Lipinski definition) is 1. The van der Waals surface area contributed by atoms with Crippen molar-refractivity contribution in [2.45, 2.75) is 6.42 Å². The number of fused-ring (bicyclic) bond motifs is 1. The predicted molar refractivity (Wildman–Crippen MR) is 110 cm³/mol. The van der Waals surface area contributed by atoms with Crippen molar-refractivity contribution in [1.82, 2.24) is 4.98 Å². The average Bonchev–Trinajstić information content (AvgIpc) is 3.11. The smallest absolute Gasteiger partial charge is 0.273 e. The van der Waals surface area contributed by atoms with Gasteiger partial charge in [0.05, 0.1) is 11.3 Å². The molecule has 1 N–H and O–H groups in total. The van der Waals surface area contributed by atoms with Gasteiger partial charge in [0.15, 0.2) is 5.58 Å². The summed E-state index contributed by atoms with van der Waals surface area (Å²) in [5.74, 6) is 0.0584. The van der Waals surface area contributed by atoms with Gasteiger partial charge in [0.25, 0.3) is 5.69 Å². The molecule has 0 aliphatic rings. The Hall–Kier alpha value is -3.71. The number of nitro benzene ring substituents is 1. The molecule has 0 atom stereocenters. The molecule has 4 aromatic rings. The van der Waals surface area contributed by atoms with Crippen molar-refractivity contribution in [3.05, 3.63) is 87.4 Å². The van der Waals surface area contributed by atoms with Crippen LogP contribution in [0.4, 0.5) is 11.4 Å². The van der Waals surface area contributed by atoms with E-state index >= 15 is 0 Å². The highest BCUT2D eigenvalue weighted by molar-refractivity contribution is 6.30. The molecule has 29 heavy (non-hydrogen) atoms. The molecule has 1 aromatic heterocycles. The highest BCUT2D eigenvalue weighted by atomic mass is 35.5. The fraction of sp³-hybridized carbons (Fsp3) is 0.0476. The van der Waals surface area contributed by atoms with Crippen LogP contribution in [0.1, 0.15) is 5.56 Å². The first kappa shape index (κ1) is 18.6. The second-order valence-corrected chi connectivity index (χ2v) is 6.76. The Bertz CT molecular complexity index is 1240. The van der Waals surface area contributed by atoms with Gasteiger partial charge in [-0.2, -0.15) is 0 Å². The molecule has 8 heteroatoms. The Morgan fingerprint density at radius 3 is 2.72 bits per heavy atom. The van der Waals surface area contributed by atoms with E-state index < -0.39 is 4.92 Å². The van der Waals surface area contributed by atoms with Crippen LogP contribution in [0.15, 0.2) is 71.1 Å². The van der Waals surface area contributed by atoms with Crippen LogP contribution in [0.25, 0.3) is 22.6 Å². The average molecular weight is 408 g/mol. The molecule has 0 fully saturated rings. The van der Waals surface area contributed by atoms with E-state index in [4.69, 9.17) is 16.0 Å². The SMILES string of the molecule is O=C(Cc1ccccc1[N+](=O)[O-])Nc1ccc2oc(-c3cccc(Cl)c3)nc2c1. The number of oxazole rings is 1. The van der Waals surface area contributed by atoms with E-state index in [1.807, 2.05) is 6.07 Å². The number of rotatable bonds is 5. The summed E-state index contributed by atoms with van der Waals surface area (Å²) < 4.78 is 5.75. The second-order valence-electron chi connectivity index (χ2n) is 6.32. The molecular formula is C21H14ClN3O4. The standard InChI is InChI=1S/C21H14ClN3O4/c22-15-6-3-5-14(10-15)21-24-17-12-16(8-9-19(17)29-21)23-20(26)11-13-4-1-2-7-18(13)25(27)28/h1-10,12H,11H2,(H,23,26). The number of carbonyl (C=O) groups excluding carboxylic acids is 1. The predicted octanol–water partition coefficient (Wildman–Crippen LogP) is 5.24. The van der Waals surface area contributed by atoms with E-state index in [0.717, 1.165) is 5.56 Å². The lowest BCUT2D eigenvalue weighted by Gasteiger charge is -2.05. The highest BCUT2D eigenvalue weighted by Gasteiger charge is 2.16. The summed E-state index contributed by atoms with van der Waals surface area (Å²) in [6, 6.07) is 18.4. The van der Waals surface area contributed by atoms with Gasteiger partial charge < -0.3 is 9.73 Å². The van der Waals surface area contributed by atoms with Crippen LogP contribution in [-0.2, 0) is 11.2 Å². The molecule has 144 valence electrons. The molecule has 0 aliphatic heterocycles. The van der Waals surface area contributed by atoms with E-state index in [9.17, 15) is 14.9 Å². The maximum absolute atomic E-state index is 12.4. The fourth-order valence-electron chi connectivity index (χ4n) is 2.97. The number of amides is 1. The molecule has 0 saturated heterocycles. The van der Waals surface area contributed by atoms with Gasteiger partial charge in [-0.05, 0) is 36.4 Å². The van der Waals surface area contributed by atoms with Crippen LogP contribution in [0.2, 0.25) is 5.02 Å². The van der Waals surface area contributed by atoms with E-state index in [-0.39, 0.29) is 18.0 Å². The van der Waals surface area contributed by atoms with Crippen molar-refractivity contribution >= 4 is 40.0 Å². The Morgan fingerprint density at radius 1 is 1.10 bits per heavy atom. The molecule has 7 nitrogen and oxygen atoms in total. The number of hydrogen-bond acceptors (Lipinski definition) is 5. The molecule has 0 bridgehead atoms. The third-order valence-electron chi connectivity index (χ3n) is 4.28. The molecule has 1 heterocycles. The highest BCUT2D eigenvalue weighted by Crippen LogP contribution is 2.28. The molecule has 0 aliphatic carbocycles. The largest absolute Gasteiger partial charge is 0.436 e. The maximum atomic E-state index is 12.4. The van der Waals surface area contributed by atoms with Crippen LogP contribution < -0.4 is 5.32 Å². The zero-order valence-corrected chi connectivity index (χ0v) is 15.7. The van der Waals surface area contributed by atoms with E-state index in [0.29, 0.717) is 33.3 Å². The number of anilines is 1. The first-order valence-electron chi connectivity index (χ1n) is 8.68. The lowest BCUT2D eigenvalue weighted by atomic mass is 10.1. The first-order chi connectivity index (χ1) is 14.0. The number of nitrogens with one attached hydrogen (secondary N) is 1. The van der Waals surface area contributed by atoms with Gasteiger partial charge in [-0.1, -0.05) is 35.9 Å². The van der Waals surface area contributed by atoms with E-state index in [2.05, 4.69) is 10.3 Å². The van der Waals surface area contributed by atoms with Gasteiger partial charge >= 0.3 is 0 Å². The Balaban J connectivity index is 1.54. The summed E-state index contributed by atoms with van der Waals surface area (Å²) in [5, 5.41) is 14.4. The quantitative estimate of drug-likeness (QED) is 0.360. The summed E-state index contributed by atoms with van der Waals surface area (Å²) in [6.45, 7) is 0. The number of nitro groups is 1. The molecule has 1 amide bonds. The minimum atomic E-state index is -0.499. The second kappa shape index (κ2) is 7.73. The zero-order valence-electron chi connectivity index (χ0n) is 15.0. The van der Waals surface area contributed by atoms with Gasteiger partial charge in [-0.3, -0.25) is 14.9 Å². The number of aromatic nitrogens is 1. The van der Waals surface area contributed by atoms with Crippen LogP contribution in [-0.4, -0.2) is 15.8 Å². The number of carbonyl (C=O) groups is 1. The third-order valence-corrected chi connectivity index (χ3v) is 4.52. The number of halogens is 1. The number of nitrogens with zero attached hydrogens (tertiary/aromatic N) is 2. The van der Waals surface area contributed by atoms with Gasteiger partial charge in [-0.15, -0.1) is 0 Å². The summed E-state index contributed by atoms with van der Waals surface area (Å²) in [5.41, 5.74) is 2.67. The molecule has 0 saturated carbocycles. The molecule has 0 spiro atoms. The molecule has 3 aromatic carbocycles. The van der Waals surface area contributed by atoms with Gasteiger partial charge in [0, 0.05) is 27.9 Å². The maximum Gasteiger partial charge on any atom is 0.273 e. The van der Waals surface area contributed by atoms with Crippen molar-refractivity contribution in [2.24, 2.45) is 0 Å². The molecule has 4 rings (SSSR count). The van der Waals surface area contributed by atoms with Crippen LogP contribution in [0, 0.1) is 10.1 Å². The normalized spacial score (nSPS) is 10.8. The summed E-state index contributed by atoms with van der Waals surface area (Å²) in [4.78, 5) is 27.4. The summed E-state index contributed by atoms with van der Waals surface area (Å²) in [7, 11) is 0. The fourth-order valence-corrected chi connectivity index (χ4v) is 3.16. The summed E-state index contributed by atoms with van der Waals surface area (Å²) >= 11 is 6.01.